The number of hydrogen-bond acceptors (Lipinski definition) is 5. The van der Waals surface area contributed by atoms with Gasteiger partial charge < -0.3 is 9.64 Å². The lowest BCUT2D eigenvalue weighted by atomic mass is 10.2. The van der Waals surface area contributed by atoms with Crippen molar-refractivity contribution < 1.29 is 17.9 Å². The van der Waals surface area contributed by atoms with Gasteiger partial charge in [0.05, 0.1) is 4.90 Å². The van der Waals surface area contributed by atoms with Gasteiger partial charge in [-0.2, -0.15) is 0 Å². The fourth-order valence-corrected chi connectivity index (χ4v) is 4.49. The van der Waals surface area contributed by atoms with Crippen LogP contribution in [0, 0.1) is 0 Å². The van der Waals surface area contributed by atoms with Gasteiger partial charge in [0.25, 0.3) is 5.91 Å². The molecule has 1 amide bonds. The molecule has 1 N–H and O–H groups in total. The highest BCUT2D eigenvalue weighted by Crippen LogP contribution is 2.16. The number of hydrogen-bond donors (Lipinski definition) is 1. The van der Waals surface area contributed by atoms with Gasteiger partial charge in [0, 0.05) is 39.3 Å². The summed E-state index contributed by atoms with van der Waals surface area (Å²) >= 11 is 0. The molecule has 0 unspecified atom stereocenters. The van der Waals surface area contributed by atoms with Crippen LogP contribution in [0.15, 0.2) is 59.5 Å². The lowest BCUT2D eigenvalue weighted by molar-refractivity contribution is -0.135. The minimum Gasteiger partial charge on any atom is -0.484 e. The van der Waals surface area contributed by atoms with Crippen LogP contribution in [-0.2, 0) is 21.4 Å². The van der Waals surface area contributed by atoms with E-state index in [0.29, 0.717) is 25.4 Å². The zero-order valence-electron chi connectivity index (χ0n) is 18.0. The number of unbranched alkanes of at least 4 members (excludes halogenated alkanes) is 1. The molecule has 2 aromatic rings. The molecule has 0 bridgehead atoms. The summed E-state index contributed by atoms with van der Waals surface area (Å²) in [5.74, 6) is 0.417. The lowest BCUT2D eigenvalue weighted by Gasteiger charge is -2.34. The van der Waals surface area contributed by atoms with E-state index in [0.717, 1.165) is 32.5 Å². The van der Waals surface area contributed by atoms with E-state index in [-0.39, 0.29) is 17.4 Å². The maximum Gasteiger partial charge on any atom is 0.260 e. The number of rotatable bonds is 10. The van der Waals surface area contributed by atoms with E-state index in [4.69, 9.17) is 4.74 Å². The van der Waals surface area contributed by atoms with Gasteiger partial charge in [-0.1, -0.05) is 43.7 Å². The van der Waals surface area contributed by atoms with E-state index in [1.165, 1.54) is 17.7 Å². The topological polar surface area (TPSA) is 78.9 Å². The van der Waals surface area contributed by atoms with Gasteiger partial charge in [-0.25, -0.2) is 13.1 Å². The molecular formula is C23H31N3O4S. The quantitative estimate of drug-likeness (QED) is 0.569. The Balaban J connectivity index is 1.42. The Morgan fingerprint density at radius 2 is 1.68 bits per heavy atom. The summed E-state index contributed by atoms with van der Waals surface area (Å²) in [4.78, 5) is 16.8. The van der Waals surface area contributed by atoms with E-state index in [9.17, 15) is 13.2 Å². The number of benzene rings is 2. The Hall–Kier alpha value is -2.42. The van der Waals surface area contributed by atoms with Crippen LogP contribution < -0.4 is 9.46 Å². The Labute approximate surface area is 185 Å². The second-order valence-electron chi connectivity index (χ2n) is 7.65. The molecule has 0 aromatic heterocycles. The molecule has 168 valence electrons. The normalized spacial score (nSPS) is 15.1. The zero-order valence-corrected chi connectivity index (χ0v) is 18.8. The predicted octanol–water partition coefficient (Wildman–Crippen LogP) is 2.49. The van der Waals surface area contributed by atoms with Crippen LogP contribution in [-0.4, -0.2) is 63.5 Å². The molecule has 0 atom stereocenters. The molecule has 3 rings (SSSR count). The van der Waals surface area contributed by atoms with Gasteiger partial charge in [-0.15, -0.1) is 0 Å². The van der Waals surface area contributed by atoms with Gasteiger partial charge >= 0.3 is 0 Å². The Bertz CT molecular complexity index is 925. The molecule has 1 heterocycles. The van der Waals surface area contributed by atoms with Gasteiger partial charge in [-0.3, -0.25) is 9.69 Å². The smallest absolute Gasteiger partial charge is 0.260 e. The van der Waals surface area contributed by atoms with Crippen LogP contribution in [0.5, 0.6) is 5.75 Å². The van der Waals surface area contributed by atoms with Crippen LogP contribution in [0.4, 0.5) is 0 Å². The molecule has 1 fully saturated rings. The minimum absolute atomic E-state index is 0.0560. The fourth-order valence-electron chi connectivity index (χ4n) is 3.42. The number of sulfonamides is 1. The van der Waals surface area contributed by atoms with Crippen LogP contribution in [0.3, 0.4) is 0 Å². The molecule has 0 aliphatic carbocycles. The summed E-state index contributed by atoms with van der Waals surface area (Å²) in [6, 6.07) is 16.5. The van der Waals surface area contributed by atoms with Crippen molar-refractivity contribution in [1.82, 2.24) is 14.5 Å². The zero-order chi connectivity index (χ0) is 22.1. The summed E-state index contributed by atoms with van der Waals surface area (Å²) in [5, 5.41) is 0. The first kappa shape index (κ1) is 23.2. The van der Waals surface area contributed by atoms with Crippen molar-refractivity contribution >= 4 is 15.9 Å². The molecule has 7 nitrogen and oxygen atoms in total. The molecule has 0 saturated carbocycles. The van der Waals surface area contributed by atoms with Crippen molar-refractivity contribution in [2.24, 2.45) is 0 Å². The fraction of sp³-hybridized carbons (Fsp3) is 0.435. The standard InChI is InChI=1S/C23H31N3O4S/c1-2-3-13-24-31(28,29)22-11-9-21(10-12-22)30-19-23(27)26-16-14-25(15-17-26)18-20-7-5-4-6-8-20/h4-12,24H,2-3,13-19H2,1H3. The molecule has 1 aliphatic rings. The molecule has 0 spiro atoms. The largest absolute Gasteiger partial charge is 0.484 e. The van der Waals surface area contributed by atoms with Crippen LogP contribution in [0.25, 0.3) is 0 Å². The number of nitrogens with one attached hydrogen (secondary N) is 1. The van der Waals surface area contributed by atoms with E-state index < -0.39 is 10.0 Å². The Morgan fingerprint density at radius 3 is 2.32 bits per heavy atom. The second-order valence-corrected chi connectivity index (χ2v) is 9.42. The Morgan fingerprint density at radius 1 is 1.00 bits per heavy atom. The summed E-state index contributed by atoms with van der Waals surface area (Å²) < 4.78 is 32.6. The van der Waals surface area contributed by atoms with Crippen molar-refractivity contribution in [1.29, 1.82) is 0 Å². The monoisotopic (exact) mass is 445 g/mol. The van der Waals surface area contributed by atoms with Crippen LogP contribution in [0.2, 0.25) is 0 Å². The molecule has 1 aliphatic heterocycles. The number of carbonyl (C=O) groups is 1. The highest BCUT2D eigenvalue weighted by Gasteiger charge is 2.21. The Kier molecular flexibility index (Phi) is 8.45. The van der Waals surface area contributed by atoms with Gasteiger partial charge in [0.1, 0.15) is 5.75 Å². The highest BCUT2D eigenvalue weighted by atomic mass is 32.2. The number of nitrogens with zero attached hydrogens (tertiary/aromatic N) is 2. The SMILES string of the molecule is CCCCNS(=O)(=O)c1ccc(OCC(=O)N2CCN(Cc3ccccc3)CC2)cc1. The predicted molar refractivity (Wildman–Crippen MR) is 120 cm³/mol. The van der Waals surface area contributed by atoms with E-state index in [1.54, 1.807) is 12.1 Å². The molecular weight excluding hydrogens is 414 g/mol. The third kappa shape index (κ3) is 7.05. The van der Waals surface area contributed by atoms with Crippen molar-refractivity contribution in [2.45, 2.75) is 31.2 Å². The van der Waals surface area contributed by atoms with E-state index in [1.807, 2.05) is 30.0 Å². The van der Waals surface area contributed by atoms with Gasteiger partial charge in [-0.05, 0) is 36.2 Å². The maximum atomic E-state index is 12.5. The second kappa shape index (κ2) is 11.3. The number of ether oxygens (including phenoxy) is 1. The van der Waals surface area contributed by atoms with Gasteiger partial charge in [0.15, 0.2) is 6.61 Å². The minimum atomic E-state index is -3.51. The first-order chi connectivity index (χ1) is 15.0. The summed E-state index contributed by atoms with van der Waals surface area (Å²) in [6.45, 7) is 6.28. The lowest BCUT2D eigenvalue weighted by Crippen LogP contribution is -2.49. The van der Waals surface area contributed by atoms with Crippen LogP contribution >= 0.6 is 0 Å². The van der Waals surface area contributed by atoms with E-state index >= 15 is 0 Å². The number of piperazine rings is 1. The molecule has 1 saturated heterocycles. The van der Waals surface area contributed by atoms with E-state index in [2.05, 4.69) is 21.8 Å². The van der Waals surface area contributed by atoms with Gasteiger partial charge in [0.2, 0.25) is 10.0 Å². The average Bonchev–Trinajstić information content (AvgIpc) is 2.79. The molecule has 2 aromatic carbocycles. The number of carbonyl (C=O) groups excluding carboxylic acids is 1. The molecule has 0 radical (unpaired) electrons. The van der Waals surface area contributed by atoms with Crippen molar-refractivity contribution in [3.63, 3.8) is 0 Å². The summed E-state index contributed by atoms with van der Waals surface area (Å²) in [5.41, 5.74) is 1.27. The maximum absolute atomic E-state index is 12.5. The highest BCUT2D eigenvalue weighted by molar-refractivity contribution is 7.89. The van der Waals surface area contributed by atoms with Crippen molar-refractivity contribution in [2.75, 3.05) is 39.3 Å². The summed E-state index contributed by atoms with van der Waals surface area (Å²) in [6.07, 6.45) is 1.72. The van der Waals surface area contributed by atoms with Crippen molar-refractivity contribution in [3.8, 4) is 5.75 Å². The van der Waals surface area contributed by atoms with Crippen LogP contribution in [0.1, 0.15) is 25.3 Å². The first-order valence-corrected chi connectivity index (χ1v) is 12.2. The first-order valence-electron chi connectivity index (χ1n) is 10.7. The summed E-state index contributed by atoms with van der Waals surface area (Å²) in [7, 11) is -3.51. The molecule has 8 heteroatoms. The third-order valence-corrected chi connectivity index (χ3v) is 6.77. The van der Waals surface area contributed by atoms with Crippen molar-refractivity contribution in [3.05, 3.63) is 60.2 Å². The average molecular weight is 446 g/mol. The third-order valence-electron chi connectivity index (χ3n) is 5.29. The number of amides is 1. The molecule has 31 heavy (non-hydrogen) atoms.